The Morgan fingerprint density at radius 2 is 1.70 bits per heavy atom. The molecule has 7 nitrogen and oxygen atoms in total. The van der Waals surface area contributed by atoms with E-state index in [1.165, 1.54) is 9.87 Å². The third-order valence-electron chi connectivity index (χ3n) is 7.10. The highest BCUT2D eigenvalue weighted by molar-refractivity contribution is 7.89. The molecule has 2 heterocycles. The fourth-order valence-corrected chi connectivity index (χ4v) is 6.75. The molecule has 196 valence electrons. The molecule has 1 atom stereocenters. The minimum Gasteiger partial charge on any atom is -0.355 e. The van der Waals surface area contributed by atoms with Gasteiger partial charge in [-0.05, 0) is 100 Å². The van der Waals surface area contributed by atoms with Crippen molar-refractivity contribution in [3.05, 3.63) is 75.2 Å². The predicted octanol–water partition coefficient (Wildman–Crippen LogP) is 5.73. The number of anilines is 1. The van der Waals surface area contributed by atoms with E-state index >= 15 is 0 Å². The molecule has 2 aromatic carbocycles. The number of sulfonamides is 1. The Hall–Kier alpha value is -3.23. The molecule has 1 amide bonds. The van der Waals surface area contributed by atoms with Gasteiger partial charge in [-0.15, -0.1) is 0 Å². The Kier molecular flexibility index (Phi) is 7.71. The molecular formula is C29H35N3O4S. The molecule has 0 spiro atoms. The minimum absolute atomic E-state index is 0.0568. The third kappa shape index (κ3) is 5.70. The van der Waals surface area contributed by atoms with Crippen LogP contribution in [0.2, 0.25) is 0 Å². The molecule has 8 heteroatoms. The third-order valence-corrected chi connectivity index (χ3v) is 9.12. The van der Waals surface area contributed by atoms with Gasteiger partial charge in [0.15, 0.2) is 10.7 Å². The molecule has 0 radical (unpaired) electrons. The van der Waals surface area contributed by atoms with Crippen LogP contribution >= 0.6 is 0 Å². The normalized spacial score (nSPS) is 16.9. The van der Waals surface area contributed by atoms with Crippen LogP contribution in [0.5, 0.6) is 0 Å². The van der Waals surface area contributed by atoms with E-state index in [0.29, 0.717) is 25.1 Å². The molecule has 0 saturated carbocycles. The molecule has 1 aromatic heterocycles. The first-order chi connectivity index (χ1) is 17.5. The Morgan fingerprint density at radius 1 is 1.00 bits per heavy atom. The van der Waals surface area contributed by atoms with Crippen LogP contribution in [0, 0.1) is 47.5 Å². The molecule has 1 saturated heterocycles. The second kappa shape index (κ2) is 10.6. The number of hydrogen-bond acceptors (Lipinski definition) is 5. The van der Waals surface area contributed by atoms with E-state index in [9.17, 15) is 13.2 Å². The number of piperidine rings is 1. The summed E-state index contributed by atoms with van der Waals surface area (Å²) in [6.45, 7) is 12.2. The van der Waals surface area contributed by atoms with Gasteiger partial charge in [-0.2, -0.15) is 4.31 Å². The first kappa shape index (κ1) is 26.8. The van der Waals surface area contributed by atoms with Gasteiger partial charge in [-0.25, -0.2) is 8.42 Å². The van der Waals surface area contributed by atoms with E-state index in [1.54, 1.807) is 13.0 Å². The molecule has 3 aromatic rings. The van der Waals surface area contributed by atoms with Gasteiger partial charge < -0.3 is 9.84 Å². The van der Waals surface area contributed by atoms with Gasteiger partial charge >= 0.3 is 0 Å². The van der Waals surface area contributed by atoms with Crippen LogP contribution in [0.3, 0.4) is 0 Å². The summed E-state index contributed by atoms with van der Waals surface area (Å²) in [4.78, 5) is 13.1. The van der Waals surface area contributed by atoms with E-state index in [-0.39, 0.29) is 23.1 Å². The fraction of sp³-hybridized carbons (Fsp3) is 0.379. The summed E-state index contributed by atoms with van der Waals surface area (Å²) < 4.78 is 34.3. The molecule has 1 aliphatic rings. The van der Waals surface area contributed by atoms with Crippen LogP contribution in [-0.4, -0.2) is 36.9 Å². The number of carbonyl (C=O) groups excluding carboxylic acids is 1. The quantitative estimate of drug-likeness (QED) is 0.447. The lowest BCUT2D eigenvalue weighted by atomic mass is 9.98. The predicted molar refractivity (Wildman–Crippen MR) is 147 cm³/mol. The first-order valence-corrected chi connectivity index (χ1v) is 14.0. The van der Waals surface area contributed by atoms with Crippen LogP contribution in [-0.2, 0) is 14.8 Å². The van der Waals surface area contributed by atoms with E-state index in [0.717, 1.165) is 33.5 Å². The van der Waals surface area contributed by atoms with Crippen LogP contribution < -0.4 is 5.32 Å². The number of aromatic nitrogens is 1. The van der Waals surface area contributed by atoms with Crippen LogP contribution in [0.4, 0.5) is 5.69 Å². The number of carbonyl (C=O) groups is 1. The van der Waals surface area contributed by atoms with Crippen molar-refractivity contribution in [2.24, 2.45) is 5.92 Å². The largest absolute Gasteiger partial charge is 0.355 e. The highest BCUT2D eigenvalue weighted by Gasteiger charge is 2.37. The lowest BCUT2D eigenvalue weighted by Gasteiger charge is -2.31. The Bertz CT molecular complexity index is 1450. The number of hydrogen-bond donors (Lipinski definition) is 1. The highest BCUT2D eigenvalue weighted by atomic mass is 32.2. The minimum atomic E-state index is -3.92. The van der Waals surface area contributed by atoms with Crippen LogP contribution in [0.25, 0.3) is 12.2 Å². The molecule has 0 bridgehead atoms. The van der Waals surface area contributed by atoms with Crippen LogP contribution in [0.1, 0.15) is 57.7 Å². The van der Waals surface area contributed by atoms with Gasteiger partial charge in [0.1, 0.15) is 5.69 Å². The Balaban J connectivity index is 1.56. The van der Waals surface area contributed by atoms with Crippen molar-refractivity contribution >= 4 is 33.8 Å². The maximum Gasteiger partial charge on any atom is 0.248 e. The summed E-state index contributed by atoms with van der Waals surface area (Å²) in [6.07, 6.45) is 4.77. The number of amides is 1. The summed E-state index contributed by atoms with van der Waals surface area (Å²) in [5, 5.41) is 6.92. The Labute approximate surface area is 219 Å². The van der Waals surface area contributed by atoms with Gasteiger partial charge in [-0.3, -0.25) is 4.79 Å². The second-order valence-corrected chi connectivity index (χ2v) is 12.0. The van der Waals surface area contributed by atoms with E-state index in [1.807, 2.05) is 58.9 Å². The maximum atomic E-state index is 13.7. The lowest BCUT2D eigenvalue weighted by molar-refractivity contribution is -0.120. The van der Waals surface area contributed by atoms with Crippen molar-refractivity contribution in [1.29, 1.82) is 0 Å². The second-order valence-electron chi connectivity index (χ2n) is 10.1. The first-order valence-electron chi connectivity index (χ1n) is 12.6. The zero-order chi connectivity index (χ0) is 26.9. The van der Waals surface area contributed by atoms with Crippen LogP contribution in [0.15, 0.2) is 39.8 Å². The van der Waals surface area contributed by atoms with E-state index in [4.69, 9.17) is 4.52 Å². The molecular weight excluding hydrogens is 486 g/mol. The topological polar surface area (TPSA) is 92.5 Å². The Morgan fingerprint density at radius 3 is 2.38 bits per heavy atom. The van der Waals surface area contributed by atoms with Gasteiger partial charge in [0.25, 0.3) is 0 Å². The number of rotatable bonds is 6. The molecule has 1 fully saturated rings. The SMILES string of the molecule is Cc1cc(C)c(/C=C/c2onc(C)c2S(=O)(=O)N2CCCC(C(=O)Nc3ccc(C)c(C)c3)C2)c(C)c1. The summed E-state index contributed by atoms with van der Waals surface area (Å²) in [5.41, 5.74) is 7.65. The van der Waals surface area contributed by atoms with Crippen molar-refractivity contribution in [3.8, 4) is 0 Å². The van der Waals surface area contributed by atoms with Gasteiger partial charge in [0, 0.05) is 18.8 Å². The smallest absolute Gasteiger partial charge is 0.248 e. The number of benzene rings is 2. The average Bonchev–Trinajstić information content (AvgIpc) is 3.22. The summed E-state index contributed by atoms with van der Waals surface area (Å²) >= 11 is 0. The number of nitrogens with one attached hydrogen (secondary N) is 1. The van der Waals surface area contributed by atoms with E-state index < -0.39 is 15.9 Å². The average molecular weight is 522 g/mol. The lowest BCUT2D eigenvalue weighted by Crippen LogP contribution is -2.43. The zero-order valence-electron chi connectivity index (χ0n) is 22.4. The molecule has 0 aliphatic carbocycles. The zero-order valence-corrected chi connectivity index (χ0v) is 23.2. The molecule has 1 aliphatic heterocycles. The van der Waals surface area contributed by atoms with Crippen molar-refractivity contribution < 1.29 is 17.7 Å². The van der Waals surface area contributed by atoms with Crippen molar-refractivity contribution in [2.75, 3.05) is 18.4 Å². The molecule has 1 unspecified atom stereocenters. The molecule has 37 heavy (non-hydrogen) atoms. The van der Waals surface area contributed by atoms with Gasteiger partial charge in [0.05, 0.1) is 5.92 Å². The standard InChI is InChI=1S/C29H35N3O4S/c1-18-14-21(4)26(22(5)15-18)11-12-27-28(23(6)31-36-27)37(34,35)32-13-7-8-24(17-32)29(33)30-25-10-9-19(2)20(3)16-25/h9-12,14-16,24H,7-8,13,17H2,1-6H3,(H,30,33)/b12-11+. The van der Waals surface area contributed by atoms with Gasteiger partial charge in [-0.1, -0.05) is 35.0 Å². The van der Waals surface area contributed by atoms with Crippen molar-refractivity contribution in [2.45, 2.75) is 59.3 Å². The summed E-state index contributed by atoms with van der Waals surface area (Å²) in [5.74, 6) is -0.420. The van der Waals surface area contributed by atoms with Gasteiger partial charge in [0.2, 0.25) is 15.9 Å². The number of nitrogens with zero attached hydrogens (tertiary/aromatic N) is 2. The maximum absolute atomic E-state index is 13.7. The summed E-state index contributed by atoms with van der Waals surface area (Å²) in [6, 6.07) is 9.95. The highest BCUT2D eigenvalue weighted by Crippen LogP contribution is 2.30. The fourth-order valence-electron chi connectivity index (χ4n) is 4.98. The van der Waals surface area contributed by atoms with E-state index in [2.05, 4.69) is 22.6 Å². The van der Waals surface area contributed by atoms with Crippen molar-refractivity contribution in [3.63, 3.8) is 0 Å². The number of aryl methyl sites for hydroxylation is 6. The molecule has 4 rings (SSSR count). The van der Waals surface area contributed by atoms with Crippen molar-refractivity contribution in [1.82, 2.24) is 9.46 Å². The molecule has 1 N–H and O–H groups in total. The monoisotopic (exact) mass is 521 g/mol. The summed E-state index contributed by atoms with van der Waals surface area (Å²) in [7, 11) is -3.92.